The summed E-state index contributed by atoms with van der Waals surface area (Å²) >= 11 is 0. The van der Waals surface area contributed by atoms with Crippen molar-refractivity contribution in [3.05, 3.63) is 46.8 Å². The SMILES string of the molecule is Cc1nn(C)c(C)c1C[S+](=O)(O)c1ccc(C2OCCO2)cc1. The normalized spacial score (nSPS) is 18.3. The molecule has 1 atom stereocenters. The molecule has 0 bridgehead atoms. The number of nitrogens with zero attached hydrogens (tertiary/aromatic N) is 2. The van der Waals surface area contributed by atoms with Gasteiger partial charge >= 0.3 is 0 Å². The van der Waals surface area contributed by atoms with Crippen molar-refractivity contribution in [3.8, 4) is 0 Å². The van der Waals surface area contributed by atoms with Gasteiger partial charge in [-0.1, -0.05) is 4.21 Å². The molecular formula is C16H21N2O4S+. The van der Waals surface area contributed by atoms with E-state index in [1.165, 1.54) is 0 Å². The summed E-state index contributed by atoms with van der Waals surface area (Å²) in [5.41, 5.74) is 3.38. The zero-order chi connectivity index (χ0) is 16.6. The molecule has 0 spiro atoms. The van der Waals surface area contributed by atoms with E-state index in [1.807, 2.05) is 20.9 Å². The molecule has 3 rings (SSSR count). The van der Waals surface area contributed by atoms with Crippen LogP contribution in [-0.4, -0.2) is 27.5 Å². The van der Waals surface area contributed by atoms with Crippen molar-refractivity contribution in [2.24, 2.45) is 7.05 Å². The van der Waals surface area contributed by atoms with Crippen LogP contribution in [0.25, 0.3) is 0 Å². The molecule has 1 aliphatic heterocycles. The van der Waals surface area contributed by atoms with E-state index >= 15 is 0 Å². The Balaban J connectivity index is 1.83. The van der Waals surface area contributed by atoms with E-state index in [0.717, 1.165) is 22.5 Å². The van der Waals surface area contributed by atoms with Gasteiger partial charge in [0, 0.05) is 23.9 Å². The maximum atomic E-state index is 12.8. The van der Waals surface area contributed by atoms with Crippen molar-refractivity contribution < 1.29 is 18.2 Å². The van der Waals surface area contributed by atoms with Gasteiger partial charge in [0.1, 0.15) is 0 Å². The van der Waals surface area contributed by atoms with E-state index in [0.29, 0.717) is 18.1 Å². The van der Waals surface area contributed by atoms with Gasteiger partial charge in [-0.2, -0.15) is 9.65 Å². The van der Waals surface area contributed by atoms with E-state index in [9.17, 15) is 8.76 Å². The van der Waals surface area contributed by atoms with Crippen molar-refractivity contribution in [3.63, 3.8) is 0 Å². The van der Waals surface area contributed by atoms with Crippen LogP contribution in [0.5, 0.6) is 0 Å². The number of aromatic nitrogens is 2. The van der Waals surface area contributed by atoms with Crippen molar-refractivity contribution in [2.45, 2.75) is 30.8 Å². The van der Waals surface area contributed by atoms with Gasteiger partial charge in [0.2, 0.25) is 0 Å². The van der Waals surface area contributed by atoms with Gasteiger partial charge in [-0.3, -0.25) is 4.68 Å². The summed E-state index contributed by atoms with van der Waals surface area (Å²) in [6.07, 6.45) is -0.374. The van der Waals surface area contributed by atoms with Gasteiger partial charge in [0.05, 0.1) is 18.9 Å². The van der Waals surface area contributed by atoms with E-state index < -0.39 is 10.2 Å². The van der Waals surface area contributed by atoms with Crippen molar-refractivity contribution in [1.29, 1.82) is 0 Å². The van der Waals surface area contributed by atoms with Crippen LogP contribution in [0.2, 0.25) is 0 Å². The highest BCUT2D eigenvalue weighted by Gasteiger charge is 2.32. The molecule has 1 aromatic heterocycles. The summed E-state index contributed by atoms with van der Waals surface area (Å²) in [5, 5.41) is 4.30. The van der Waals surface area contributed by atoms with Crippen LogP contribution in [0.1, 0.15) is 28.8 Å². The number of benzene rings is 1. The summed E-state index contributed by atoms with van der Waals surface area (Å²) in [6, 6.07) is 6.90. The second-order valence-electron chi connectivity index (χ2n) is 5.70. The molecule has 2 aromatic rings. The number of aryl methyl sites for hydroxylation is 2. The Morgan fingerprint density at radius 1 is 1.26 bits per heavy atom. The van der Waals surface area contributed by atoms with Gasteiger partial charge in [-0.25, -0.2) is 0 Å². The lowest BCUT2D eigenvalue weighted by molar-refractivity contribution is -0.0441. The first-order valence-corrected chi connectivity index (χ1v) is 9.13. The number of hydrogen-bond acceptors (Lipinski definition) is 4. The van der Waals surface area contributed by atoms with Gasteiger partial charge in [0.25, 0.3) is 10.2 Å². The topological polar surface area (TPSA) is 73.6 Å². The van der Waals surface area contributed by atoms with Crippen LogP contribution in [0.15, 0.2) is 29.2 Å². The molecule has 0 radical (unpaired) electrons. The largest absolute Gasteiger partial charge is 0.346 e. The highest BCUT2D eigenvalue weighted by molar-refractivity contribution is 7.97. The molecular weight excluding hydrogens is 316 g/mol. The minimum Gasteiger partial charge on any atom is -0.346 e. The predicted octanol–water partition coefficient (Wildman–Crippen LogP) is 2.61. The lowest BCUT2D eigenvalue weighted by Crippen LogP contribution is -2.14. The van der Waals surface area contributed by atoms with Crippen molar-refractivity contribution >= 4 is 10.2 Å². The Kier molecular flexibility index (Phi) is 4.37. The monoisotopic (exact) mass is 337 g/mol. The maximum absolute atomic E-state index is 12.8. The molecule has 1 N–H and O–H groups in total. The average molecular weight is 337 g/mol. The smallest absolute Gasteiger partial charge is 0.252 e. The molecule has 1 unspecified atom stereocenters. The molecule has 7 heteroatoms. The lowest BCUT2D eigenvalue weighted by atomic mass is 10.2. The minimum absolute atomic E-state index is 0.0638. The highest BCUT2D eigenvalue weighted by Crippen LogP contribution is 2.28. The van der Waals surface area contributed by atoms with Crippen LogP contribution >= 0.6 is 0 Å². The van der Waals surface area contributed by atoms with Gasteiger partial charge in [-0.15, -0.1) is 0 Å². The lowest BCUT2D eigenvalue weighted by Gasteiger charge is -2.10. The van der Waals surface area contributed by atoms with Crippen LogP contribution < -0.4 is 0 Å². The summed E-state index contributed by atoms with van der Waals surface area (Å²) in [5.74, 6) is 0.0638. The first-order valence-electron chi connectivity index (χ1n) is 7.45. The molecule has 1 aromatic carbocycles. The molecule has 1 saturated heterocycles. The Labute approximate surface area is 136 Å². The Hall–Kier alpha value is -1.54. The van der Waals surface area contributed by atoms with E-state index in [-0.39, 0.29) is 12.0 Å². The number of rotatable bonds is 4. The third-order valence-electron chi connectivity index (χ3n) is 4.14. The average Bonchev–Trinajstić information content (AvgIpc) is 3.13. The summed E-state index contributed by atoms with van der Waals surface area (Å²) in [6.45, 7) is 4.91. The van der Waals surface area contributed by atoms with Gasteiger partial charge < -0.3 is 9.47 Å². The molecule has 1 aliphatic rings. The van der Waals surface area contributed by atoms with Gasteiger partial charge in [-0.05, 0) is 38.1 Å². The minimum atomic E-state index is -3.17. The zero-order valence-corrected chi connectivity index (χ0v) is 14.3. The molecule has 1 fully saturated rings. The molecule has 0 amide bonds. The van der Waals surface area contributed by atoms with Crippen LogP contribution in [-0.2, 0) is 36.7 Å². The fourth-order valence-corrected chi connectivity index (χ4v) is 4.23. The molecule has 0 saturated carbocycles. The Bertz CT molecular complexity index is 748. The summed E-state index contributed by atoms with van der Waals surface area (Å²) < 4.78 is 35.8. The molecule has 0 aliphatic carbocycles. The fraction of sp³-hybridized carbons (Fsp3) is 0.438. The maximum Gasteiger partial charge on any atom is 0.252 e. The Morgan fingerprint density at radius 2 is 1.87 bits per heavy atom. The van der Waals surface area contributed by atoms with Crippen LogP contribution in [0.3, 0.4) is 0 Å². The van der Waals surface area contributed by atoms with Crippen molar-refractivity contribution in [1.82, 2.24) is 9.78 Å². The van der Waals surface area contributed by atoms with Crippen molar-refractivity contribution in [2.75, 3.05) is 13.2 Å². The standard InChI is InChI=1S/C16H20N2O4S/c1-11-15(12(2)18(3)17-11)10-23(19,20)14-6-4-13(5-7-14)16-21-8-9-22-16/h4-7,16H,8-10H2,1-3H3/p+1. The first-order chi connectivity index (χ1) is 10.9. The predicted molar refractivity (Wildman–Crippen MR) is 86.4 cm³/mol. The van der Waals surface area contributed by atoms with E-state index in [2.05, 4.69) is 5.10 Å². The fourth-order valence-electron chi connectivity index (χ4n) is 2.69. The van der Waals surface area contributed by atoms with E-state index in [4.69, 9.17) is 9.47 Å². The third kappa shape index (κ3) is 3.23. The molecule has 6 nitrogen and oxygen atoms in total. The highest BCUT2D eigenvalue weighted by atomic mass is 32.3. The second kappa shape index (κ2) is 6.16. The Morgan fingerprint density at radius 3 is 2.39 bits per heavy atom. The quantitative estimate of drug-likeness (QED) is 0.868. The second-order valence-corrected chi connectivity index (χ2v) is 7.74. The molecule has 2 heterocycles. The first kappa shape index (κ1) is 16.3. The summed E-state index contributed by atoms with van der Waals surface area (Å²) in [4.78, 5) is 0.405. The van der Waals surface area contributed by atoms with Crippen LogP contribution in [0.4, 0.5) is 0 Å². The molecule has 124 valence electrons. The number of ether oxygens (including phenoxy) is 2. The van der Waals surface area contributed by atoms with Crippen LogP contribution in [0, 0.1) is 13.8 Å². The summed E-state index contributed by atoms with van der Waals surface area (Å²) in [7, 11) is -1.34. The molecule has 23 heavy (non-hydrogen) atoms. The van der Waals surface area contributed by atoms with E-state index in [1.54, 1.807) is 28.9 Å². The van der Waals surface area contributed by atoms with Gasteiger partial charge in [0.15, 0.2) is 16.9 Å². The zero-order valence-electron chi connectivity index (χ0n) is 13.5. The third-order valence-corrected chi connectivity index (χ3v) is 5.83. The number of hydrogen-bond donors (Lipinski definition) is 1.